The number of hydrogen-bond donors (Lipinski definition) is 2. The lowest BCUT2D eigenvalue weighted by Gasteiger charge is -2.07. The van der Waals surface area contributed by atoms with Crippen molar-refractivity contribution in [2.24, 2.45) is 0 Å². The van der Waals surface area contributed by atoms with Crippen LogP contribution >= 0.6 is 11.3 Å². The maximum Gasteiger partial charge on any atom is 0.335 e. The van der Waals surface area contributed by atoms with Crippen molar-refractivity contribution in [1.82, 2.24) is 9.55 Å². The summed E-state index contributed by atoms with van der Waals surface area (Å²) in [5.41, 5.74) is 2.99. The number of rotatable bonds is 5. The second-order valence-corrected chi connectivity index (χ2v) is 8.18. The molecule has 1 amide bonds. The first-order valence-corrected chi connectivity index (χ1v) is 10.3. The Morgan fingerprint density at radius 3 is 2.48 bits per heavy atom. The number of aromatic nitrogens is 2. The number of carboxylic acid groups (broad SMARTS) is 1. The summed E-state index contributed by atoms with van der Waals surface area (Å²) in [4.78, 5) is 42.3. The summed E-state index contributed by atoms with van der Waals surface area (Å²) in [5.74, 6) is -1.28. The molecule has 2 aromatic carbocycles. The number of para-hydroxylation sites is 1. The molecule has 7 nitrogen and oxygen atoms in total. The van der Waals surface area contributed by atoms with E-state index in [2.05, 4.69) is 10.3 Å². The SMILES string of the molecule is Cc1ccccc1NC(=O)c1sc2ncn(Cc3ccc(C(=O)O)cc3)c(=O)c2c1C. The van der Waals surface area contributed by atoms with Crippen molar-refractivity contribution in [2.75, 3.05) is 5.32 Å². The van der Waals surface area contributed by atoms with Gasteiger partial charge in [0.05, 0.1) is 28.7 Å². The predicted octanol–water partition coefficient (Wildman–Crippen LogP) is 4.07. The minimum Gasteiger partial charge on any atom is -0.478 e. The molecule has 0 fully saturated rings. The minimum atomic E-state index is -1.00. The number of nitrogens with zero attached hydrogens (tertiary/aromatic N) is 2. The number of aromatic carboxylic acids is 1. The monoisotopic (exact) mass is 433 g/mol. The van der Waals surface area contributed by atoms with Gasteiger partial charge in [0.1, 0.15) is 4.83 Å². The molecule has 8 heteroatoms. The molecule has 2 aromatic heterocycles. The Balaban J connectivity index is 1.66. The third-order valence-corrected chi connectivity index (χ3v) is 6.27. The lowest BCUT2D eigenvalue weighted by atomic mass is 10.1. The molecule has 0 aliphatic carbocycles. The first-order chi connectivity index (χ1) is 14.8. The number of hydrogen-bond acceptors (Lipinski definition) is 5. The fraction of sp³-hybridized carbons (Fsp3) is 0.130. The summed E-state index contributed by atoms with van der Waals surface area (Å²) in [6.07, 6.45) is 1.45. The van der Waals surface area contributed by atoms with Crippen LogP contribution in [-0.2, 0) is 6.54 Å². The highest BCUT2D eigenvalue weighted by Gasteiger charge is 2.20. The lowest BCUT2D eigenvalue weighted by molar-refractivity contribution is 0.0696. The van der Waals surface area contributed by atoms with Crippen LogP contribution < -0.4 is 10.9 Å². The zero-order chi connectivity index (χ0) is 22.1. The number of carbonyl (C=O) groups is 2. The van der Waals surface area contributed by atoms with Gasteiger partial charge in [-0.2, -0.15) is 0 Å². The topological polar surface area (TPSA) is 101 Å². The molecule has 0 aliphatic heterocycles. The molecule has 0 saturated heterocycles. The molecular formula is C23H19N3O4S. The Labute approximate surface area is 181 Å². The van der Waals surface area contributed by atoms with E-state index in [4.69, 9.17) is 5.11 Å². The second-order valence-electron chi connectivity index (χ2n) is 7.19. The van der Waals surface area contributed by atoms with Gasteiger partial charge in [-0.3, -0.25) is 14.2 Å². The molecule has 0 atom stereocenters. The zero-order valence-electron chi connectivity index (χ0n) is 16.9. The van der Waals surface area contributed by atoms with Crippen molar-refractivity contribution >= 4 is 39.1 Å². The Hall–Kier alpha value is -3.78. The molecule has 4 aromatic rings. The fourth-order valence-electron chi connectivity index (χ4n) is 3.33. The van der Waals surface area contributed by atoms with Crippen molar-refractivity contribution in [2.45, 2.75) is 20.4 Å². The Kier molecular flexibility index (Phi) is 5.39. The van der Waals surface area contributed by atoms with Crippen LogP contribution in [0.25, 0.3) is 10.2 Å². The smallest absolute Gasteiger partial charge is 0.335 e. The van der Waals surface area contributed by atoms with Gasteiger partial charge in [-0.25, -0.2) is 9.78 Å². The number of amides is 1. The maximum atomic E-state index is 13.1. The van der Waals surface area contributed by atoms with Crippen LogP contribution in [0.5, 0.6) is 0 Å². The summed E-state index contributed by atoms with van der Waals surface area (Å²) in [7, 11) is 0. The van der Waals surface area contributed by atoms with Crippen LogP contribution in [0.1, 0.15) is 36.7 Å². The van der Waals surface area contributed by atoms with Gasteiger partial charge in [-0.15, -0.1) is 11.3 Å². The molecule has 0 spiro atoms. The van der Waals surface area contributed by atoms with Crippen molar-refractivity contribution in [3.05, 3.63) is 92.3 Å². The van der Waals surface area contributed by atoms with Gasteiger partial charge < -0.3 is 10.4 Å². The summed E-state index contributed by atoms with van der Waals surface area (Å²) < 4.78 is 1.46. The van der Waals surface area contributed by atoms with E-state index in [9.17, 15) is 14.4 Å². The van der Waals surface area contributed by atoms with E-state index in [1.807, 2.05) is 31.2 Å². The number of anilines is 1. The molecule has 2 heterocycles. The van der Waals surface area contributed by atoms with Crippen molar-refractivity contribution in [1.29, 1.82) is 0 Å². The highest BCUT2D eigenvalue weighted by atomic mass is 32.1. The van der Waals surface area contributed by atoms with Crippen LogP contribution in [-0.4, -0.2) is 26.5 Å². The van der Waals surface area contributed by atoms with Gasteiger partial charge in [0.2, 0.25) is 0 Å². The molecular weight excluding hydrogens is 414 g/mol. The maximum absolute atomic E-state index is 13.1. The van der Waals surface area contributed by atoms with Crippen LogP contribution in [0.3, 0.4) is 0 Å². The molecule has 0 unspecified atom stereocenters. The standard InChI is InChI=1S/C23H19N3O4S/c1-13-5-3-4-6-17(13)25-20(27)19-14(2)18-21(31-19)24-12-26(22(18)28)11-15-7-9-16(10-8-15)23(29)30/h3-10,12H,11H2,1-2H3,(H,25,27)(H,29,30). The Morgan fingerprint density at radius 1 is 1.10 bits per heavy atom. The first-order valence-electron chi connectivity index (χ1n) is 9.53. The van der Waals surface area contributed by atoms with Gasteiger partial charge in [-0.1, -0.05) is 30.3 Å². The summed E-state index contributed by atoms with van der Waals surface area (Å²) in [5, 5.41) is 12.3. The first kappa shape index (κ1) is 20.5. The zero-order valence-corrected chi connectivity index (χ0v) is 17.7. The summed E-state index contributed by atoms with van der Waals surface area (Å²) >= 11 is 1.19. The Morgan fingerprint density at radius 2 is 1.81 bits per heavy atom. The summed E-state index contributed by atoms with van der Waals surface area (Å²) in [6.45, 7) is 3.92. The van der Waals surface area contributed by atoms with Crippen molar-refractivity contribution in [3.8, 4) is 0 Å². The van der Waals surface area contributed by atoms with E-state index in [1.54, 1.807) is 19.1 Å². The number of fused-ring (bicyclic) bond motifs is 1. The second kappa shape index (κ2) is 8.16. The number of carbonyl (C=O) groups excluding carboxylic acids is 1. The molecule has 31 heavy (non-hydrogen) atoms. The largest absolute Gasteiger partial charge is 0.478 e. The van der Waals surface area contributed by atoms with Gasteiger partial charge in [-0.05, 0) is 48.7 Å². The number of aryl methyl sites for hydroxylation is 2. The van der Waals surface area contributed by atoms with Gasteiger partial charge in [0.25, 0.3) is 11.5 Å². The molecule has 0 bridgehead atoms. The average Bonchev–Trinajstić information content (AvgIpc) is 3.09. The third kappa shape index (κ3) is 3.97. The average molecular weight is 433 g/mol. The minimum absolute atomic E-state index is 0.183. The molecule has 156 valence electrons. The lowest BCUT2D eigenvalue weighted by Crippen LogP contribution is -2.21. The third-order valence-electron chi connectivity index (χ3n) is 5.07. The molecule has 2 N–H and O–H groups in total. The quantitative estimate of drug-likeness (QED) is 0.494. The number of nitrogens with one attached hydrogen (secondary N) is 1. The fourth-order valence-corrected chi connectivity index (χ4v) is 4.36. The Bertz CT molecular complexity index is 1370. The highest BCUT2D eigenvalue weighted by Crippen LogP contribution is 2.28. The normalized spacial score (nSPS) is 10.9. The van der Waals surface area contributed by atoms with Crippen LogP contribution in [0, 0.1) is 13.8 Å². The van der Waals surface area contributed by atoms with E-state index >= 15 is 0 Å². The van der Waals surface area contributed by atoms with E-state index < -0.39 is 5.97 Å². The van der Waals surface area contributed by atoms with Crippen LogP contribution in [0.2, 0.25) is 0 Å². The highest BCUT2D eigenvalue weighted by molar-refractivity contribution is 7.20. The summed E-state index contributed by atoms with van der Waals surface area (Å²) in [6, 6.07) is 13.8. The van der Waals surface area contributed by atoms with E-state index in [0.717, 1.165) is 16.8 Å². The van der Waals surface area contributed by atoms with Crippen LogP contribution in [0.15, 0.2) is 59.7 Å². The van der Waals surface area contributed by atoms with Crippen LogP contribution in [0.4, 0.5) is 5.69 Å². The molecule has 0 radical (unpaired) electrons. The van der Waals surface area contributed by atoms with Gasteiger partial charge >= 0.3 is 5.97 Å². The van der Waals surface area contributed by atoms with Gasteiger partial charge in [0.15, 0.2) is 0 Å². The number of benzene rings is 2. The molecule has 0 saturated carbocycles. The van der Waals surface area contributed by atoms with E-state index in [0.29, 0.717) is 20.7 Å². The van der Waals surface area contributed by atoms with Crippen molar-refractivity contribution < 1.29 is 14.7 Å². The van der Waals surface area contributed by atoms with Gasteiger partial charge in [0, 0.05) is 5.69 Å². The van der Waals surface area contributed by atoms with Crippen molar-refractivity contribution in [3.63, 3.8) is 0 Å². The number of thiophene rings is 1. The predicted molar refractivity (Wildman–Crippen MR) is 120 cm³/mol. The molecule has 0 aliphatic rings. The van der Waals surface area contributed by atoms with E-state index in [1.165, 1.54) is 34.4 Å². The molecule has 4 rings (SSSR count). The number of carboxylic acids is 1. The van der Waals surface area contributed by atoms with E-state index in [-0.39, 0.29) is 23.6 Å².